The third kappa shape index (κ3) is 4.52. The Balaban J connectivity index is 1.42. The van der Waals surface area contributed by atoms with Gasteiger partial charge in [0.2, 0.25) is 11.8 Å². The van der Waals surface area contributed by atoms with Crippen molar-refractivity contribution >= 4 is 11.8 Å². The fourth-order valence-corrected chi connectivity index (χ4v) is 4.46. The molecule has 3 aliphatic rings. The van der Waals surface area contributed by atoms with E-state index in [1.54, 1.807) is 0 Å². The summed E-state index contributed by atoms with van der Waals surface area (Å²) >= 11 is 0. The first-order chi connectivity index (χ1) is 12.1. The van der Waals surface area contributed by atoms with Gasteiger partial charge in [-0.25, -0.2) is 0 Å². The molecular formula is C19H30N4O2. The van der Waals surface area contributed by atoms with Gasteiger partial charge in [-0.1, -0.05) is 0 Å². The van der Waals surface area contributed by atoms with Crippen molar-refractivity contribution in [3.8, 4) is 6.07 Å². The van der Waals surface area contributed by atoms with Crippen LogP contribution in [0.15, 0.2) is 0 Å². The zero-order chi connectivity index (χ0) is 17.7. The van der Waals surface area contributed by atoms with Crippen molar-refractivity contribution < 1.29 is 9.59 Å². The van der Waals surface area contributed by atoms with E-state index in [1.807, 2.05) is 4.90 Å². The average molecular weight is 346 g/mol. The maximum atomic E-state index is 12.6. The van der Waals surface area contributed by atoms with Crippen LogP contribution in [-0.2, 0) is 9.59 Å². The van der Waals surface area contributed by atoms with Crippen LogP contribution < -0.4 is 5.32 Å². The van der Waals surface area contributed by atoms with Gasteiger partial charge in [0, 0.05) is 19.0 Å². The Hall–Kier alpha value is -1.61. The van der Waals surface area contributed by atoms with E-state index >= 15 is 0 Å². The first kappa shape index (κ1) is 18.2. The Labute approximate surface area is 150 Å². The second-order valence-electron chi connectivity index (χ2n) is 7.89. The minimum absolute atomic E-state index is 0.0516. The molecule has 6 heteroatoms. The van der Waals surface area contributed by atoms with Crippen molar-refractivity contribution in [3.05, 3.63) is 0 Å². The van der Waals surface area contributed by atoms with Crippen LogP contribution in [0, 0.1) is 17.2 Å². The van der Waals surface area contributed by atoms with E-state index < -0.39 is 5.54 Å². The highest BCUT2D eigenvalue weighted by Gasteiger charge is 2.36. The van der Waals surface area contributed by atoms with Crippen LogP contribution in [0.4, 0.5) is 0 Å². The predicted octanol–water partition coefficient (Wildman–Crippen LogP) is 1.66. The summed E-state index contributed by atoms with van der Waals surface area (Å²) < 4.78 is 0. The number of likely N-dealkylation sites (tertiary alicyclic amines) is 2. The van der Waals surface area contributed by atoms with E-state index in [0.29, 0.717) is 12.5 Å². The molecule has 1 N–H and O–H groups in total. The summed E-state index contributed by atoms with van der Waals surface area (Å²) in [6.07, 6.45) is 8.73. The first-order valence-electron chi connectivity index (χ1n) is 9.85. The van der Waals surface area contributed by atoms with Crippen molar-refractivity contribution in [2.24, 2.45) is 5.92 Å². The van der Waals surface area contributed by atoms with Crippen LogP contribution in [0.25, 0.3) is 0 Å². The molecule has 0 aromatic heterocycles. The molecule has 2 saturated heterocycles. The Morgan fingerprint density at radius 2 is 1.64 bits per heavy atom. The molecule has 0 aromatic carbocycles. The van der Waals surface area contributed by atoms with Gasteiger partial charge in [-0.3, -0.25) is 14.5 Å². The lowest BCUT2D eigenvalue weighted by Crippen LogP contribution is -2.51. The molecule has 0 aromatic rings. The highest BCUT2D eigenvalue weighted by atomic mass is 16.2. The summed E-state index contributed by atoms with van der Waals surface area (Å²) in [7, 11) is 0. The quantitative estimate of drug-likeness (QED) is 0.840. The Morgan fingerprint density at radius 1 is 1.00 bits per heavy atom. The van der Waals surface area contributed by atoms with Gasteiger partial charge in [0.1, 0.15) is 5.54 Å². The van der Waals surface area contributed by atoms with E-state index in [4.69, 9.17) is 0 Å². The van der Waals surface area contributed by atoms with Crippen molar-refractivity contribution in [1.29, 1.82) is 5.26 Å². The van der Waals surface area contributed by atoms with E-state index in [9.17, 15) is 14.9 Å². The summed E-state index contributed by atoms with van der Waals surface area (Å²) in [4.78, 5) is 29.1. The van der Waals surface area contributed by atoms with Gasteiger partial charge in [0.05, 0.1) is 12.6 Å². The van der Waals surface area contributed by atoms with E-state index in [0.717, 1.165) is 77.5 Å². The fourth-order valence-electron chi connectivity index (χ4n) is 4.46. The lowest BCUT2D eigenvalue weighted by atomic mass is 9.94. The number of nitrogens with zero attached hydrogens (tertiary/aromatic N) is 3. The summed E-state index contributed by atoms with van der Waals surface area (Å²) in [5.74, 6) is 0.389. The Bertz CT molecular complexity index is 522. The minimum Gasteiger partial charge on any atom is -0.342 e. The smallest absolute Gasteiger partial charge is 0.235 e. The van der Waals surface area contributed by atoms with E-state index in [1.165, 1.54) is 6.42 Å². The second-order valence-corrected chi connectivity index (χ2v) is 7.89. The molecule has 3 rings (SSSR count). The topological polar surface area (TPSA) is 76.4 Å². The average Bonchev–Trinajstić information content (AvgIpc) is 3.11. The van der Waals surface area contributed by atoms with Crippen LogP contribution in [0.5, 0.6) is 0 Å². The number of hydrogen-bond donors (Lipinski definition) is 1. The van der Waals surface area contributed by atoms with Crippen molar-refractivity contribution in [1.82, 2.24) is 15.1 Å². The normalized spacial score (nSPS) is 24.7. The molecule has 3 fully saturated rings. The molecule has 0 atom stereocenters. The Morgan fingerprint density at radius 3 is 2.24 bits per heavy atom. The molecular weight excluding hydrogens is 316 g/mol. The number of hydrogen-bond acceptors (Lipinski definition) is 4. The molecule has 0 radical (unpaired) electrons. The van der Waals surface area contributed by atoms with Gasteiger partial charge in [-0.2, -0.15) is 5.26 Å². The van der Waals surface area contributed by atoms with Gasteiger partial charge < -0.3 is 10.2 Å². The lowest BCUT2D eigenvalue weighted by Gasteiger charge is -2.35. The molecule has 1 aliphatic carbocycles. The van der Waals surface area contributed by atoms with Gasteiger partial charge >= 0.3 is 0 Å². The summed E-state index contributed by atoms with van der Waals surface area (Å²) in [6.45, 7) is 3.75. The van der Waals surface area contributed by atoms with Crippen LogP contribution in [0.1, 0.15) is 57.8 Å². The molecule has 2 amide bonds. The summed E-state index contributed by atoms with van der Waals surface area (Å²) in [5.41, 5.74) is -0.639. The second kappa shape index (κ2) is 8.18. The third-order valence-corrected chi connectivity index (χ3v) is 6.02. The summed E-state index contributed by atoms with van der Waals surface area (Å²) in [6, 6.07) is 2.30. The minimum atomic E-state index is -0.639. The fraction of sp³-hybridized carbons (Fsp3) is 0.842. The van der Waals surface area contributed by atoms with Gasteiger partial charge in [0.15, 0.2) is 0 Å². The maximum absolute atomic E-state index is 12.6. The maximum Gasteiger partial charge on any atom is 0.235 e. The lowest BCUT2D eigenvalue weighted by molar-refractivity contribution is -0.138. The van der Waals surface area contributed by atoms with Gasteiger partial charge in [-0.05, 0) is 70.9 Å². The Kier molecular flexibility index (Phi) is 5.95. The SMILES string of the molecule is N#CC1(NC(=O)CN2CCC(C(=O)N3CCCCC3)CC2)CCCC1. The number of piperidine rings is 2. The van der Waals surface area contributed by atoms with Crippen LogP contribution in [-0.4, -0.2) is 59.9 Å². The molecule has 0 unspecified atom stereocenters. The number of carbonyl (C=O) groups excluding carboxylic acids is 2. The number of nitrogens with one attached hydrogen (secondary N) is 1. The van der Waals surface area contributed by atoms with Crippen molar-refractivity contribution in [2.45, 2.75) is 63.3 Å². The van der Waals surface area contributed by atoms with E-state index in [-0.39, 0.29) is 11.8 Å². The molecule has 0 bridgehead atoms. The zero-order valence-corrected chi connectivity index (χ0v) is 15.1. The number of rotatable bonds is 4. The standard InChI is InChI=1S/C19H30N4O2/c20-15-19(8-2-3-9-19)21-17(24)14-22-12-6-16(7-13-22)18(25)23-10-4-1-5-11-23/h16H,1-14H2,(H,21,24). The molecule has 1 saturated carbocycles. The first-order valence-corrected chi connectivity index (χ1v) is 9.85. The molecule has 138 valence electrons. The zero-order valence-electron chi connectivity index (χ0n) is 15.1. The number of amides is 2. The predicted molar refractivity (Wildman–Crippen MR) is 94.5 cm³/mol. The van der Waals surface area contributed by atoms with Crippen LogP contribution in [0.3, 0.4) is 0 Å². The van der Waals surface area contributed by atoms with Crippen LogP contribution in [0.2, 0.25) is 0 Å². The largest absolute Gasteiger partial charge is 0.342 e. The monoisotopic (exact) mass is 346 g/mol. The highest BCUT2D eigenvalue weighted by Crippen LogP contribution is 2.29. The van der Waals surface area contributed by atoms with Gasteiger partial charge in [0.25, 0.3) is 0 Å². The molecule has 6 nitrogen and oxygen atoms in total. The molecule has 0 spiro atoms. The number of carbonyl (C=O) groups is 2. The molecule has 25 heavy (non-hydrogen) atoms. The molecule has 2 aliphatic heterocycles. The summed E-state index contributed by atoms with van der Waals surface area (Å²) in [5, 5.41) is 12.3. The molecule has 2 heterocycles. The number of nitriles is 1. The highest BCUT2D eigenvalue weighted by molar-refractivity contribution is 5.80. The van der Waals surface area contributed by atoms with Crippen molar-refractivity contribution in [3.63, 3.8) is 0 Å². The third-order valence-electron chi connectivity index (χ3n) is 6.02. The van der Waals surface area contributed by atoms with Gasteiger partial charge in [-0.15, -0.1) is 0 Å². The van der Waals surface area contributed by atoms with Crippen LogP contribution >= 0.6 is 0 Å². The van der Waals surface area contributed by atoms with E-state index in [2.05, 4.69) is 16.3 Å². The van der Waals surface area contributed by atoms with Crippen molar-refractivity contribution in [2.75, 3.05) is 32.7 Å².